The fraction of sp³-hybridized carbons (Fsp3) is 0.227. The predicted molar refractivity (Wildman–Crippen MR) is 113 cm³/mol. The van der Waals surface area contributed by atoms with Gasteiger partial charge in [0.1, 0.15) is 5.82 Å². The third kappa shape index (κ3) is 4.20. The second-order valence-corrected chi connectivity index (χ2v) is 7.00. The van der Waals surface area contributed by atoms with E-state index in [0.717, 1.165) is 28.1 Å². The largest absolute Gasteiger partial charge is 0.338 e. The molecular formula is C22H23N5O2. The Labute approximate surface area is 169 Å². The molecule has 2 heterocycles. The van der Waals surface area contributed by atoms with Crippen molar-refractivity contribution >= 4 is 28.5 Å². The lowest BCUT2D eigenvalue weighted by molar-refractivity contribution is -0.128. The van der Waals surface area contributed by atoms with E-state index >= 15 is 0 Å². The van der Waals surface area contributed by atoms with Gasteiger partial charge in [-0.15, -0.1) is 0 Å². The normalized spacial score (nSPS) is 14.7. The molecule has 7 heteroatoms. The summed E-state index contributed by atoms with van der Waals surface area (Å²) in [6.07, 6.45) is 1.33. The average molecular weight is 389 g/mol. The summed E-state index contributed by atoms with van der Waals surface area (Å²) < 4.78 is 0. The zero-order valence-electron chi connectivity index (χ0n) is 16.1. The van der Waals surface area contributed by atoms with Gasteiger partial charge in [-0.25, -0.2) is 4.98 Å². The van der Waals surface area contributed by atoms with E-state index in [1.54, 1.807) is 4.90 Å². The number of carbonyl (C=O) groups is 2. The summed E-state index contributed by atoms with van der Waals surface area (Å²) in [5.74, 6) is 0.574. The van der Waals surface area contributed by atoms with Gasteiger partial charge < -0.3 is 15.2 Å². The van der Waals surface area contributed by atoms with Crippen LogP contribution in [-0.2, 0) is 9.59 Å². The van der Waals surface area contributed by atoms with Crippen LogP contribution in [0.2, 0.25) is 0 Å². The van der Waals surface area contributed by atoms with Crippen LogP contribution in [0.3, 0.4) is 0 Å². The lowest BCUT2D eigenvalue weighted by Gasteiger charge is -2.33. The summed E-state index contributed by atoms with van der Waals surface area (Å²) in [4.78, 5) is 36.0. The Kier molecular flexibility index (Phi) is 5.39. The van der Waals surface area contributed by atoms with E-state index in [-0.39, 0.29) is 18.4 Å². The van der Waals surface area contributed by atoms with Gasteiger partial charge in [0, 0.05) is 31.7 Å². The molecule has 148 valence electrons. The smallest absolute Gasteiger partial charge is 0.246 e. The van der Waals surface area contributed by atoms with Gasteiger partial charge >= 0.3 is 0 Å². The van der Waals surface area contributed by atoms with Gasteiger partial charge in [0.2, 0.25) is 11.8 Å². The minimum Gasteiger partial charge on any atom is -0.338 e. The summed E-state index contributed by atoms with van der Waals surface area (Å²) in [6, 6.07) is 15.5. The quantitative estimate of drug-likeness (QED) is 0.657. The van der Waals surface area contributed by atoms with E-state index in [2.05, 4.69) is 21.9 Å². The van der Waals surface area contributed by atoms with Crippen LogP contribution in [0.4, 0.5) is 5.69 Å². The van der Waals surface area contributed by atoms with Crippen LogP contribution in [0.5, 0.6) is 0 Å². The van der Waals surface area contributed by atoms with E-state index in [0.29, 0.717) is 26.2 Å². The Hall–Kier alpha value is -3.45. The molecule has 2 aromatic carbocycles. The molecule has 0 saturated carbocycles. The number of amides is 2. The van der Waals surface area contributed by atoms with Crippen molar-refractivity contribution in [2.45, 2.75) is 0 Å². The monoisotopic (exact) mass is 389 g/mol. The van der Waals surface area contributed by atoms with E-state index in [1.165, 1.54) is 6.08 Å². The number of fused-ring (bicyclic) bond motifs is 1. The van der Waals surface area contributed by atoms with E-state index in [1.807, 2.05) is 53.4 Å². The van der Waals surface area contributed by atoms with Gasteiger partial charge in [0.15, 0.2) is 0 Å². The number of nitrogens with one attached hydrogen (secondary N) is 2. The SMILES string of the molecule is C=CC(=O)N1CCN(CC(=O)Nc2ccccc2-c2nc3ccccc3[nH]2)CC1. The highest BCUT2D eigenvalue weighted by molar-refractivity contribution is 5.96. The highest BCUT2D eigenvalue weighted by atomic mass is 16.2. The van der Waals surface area contributed by atoms with Gasteiger partial charge in [-0.1, -0.05) is 30.8 Å². The van der Waals surface area contributed by atoms with Crippen LogP contribution < -0.4 is 5.32 Å². The number of anilines is 1. The van der Waals surface area contributed by atoms with Crippen LogP contribution in [0.15, 0.2) is 61.2 Å². The first-order valence-electron chi connectivity index (χ1n) is 9.62. The number of piperazine rings is 1. The van der Waals surface area contributed by atoms with Crippen molar-refractivity contribution in [3.63, 3.8) is 0 Å². The van der Waals surface area contributed by atoms with Gasteiger partial charge in [0.05, 0.1) is 23.3 Å². The Morgan fingerprint density at radius 2 is 1.79 bits per heavy atom. The number of benzene rings is 2. The predicted octanol–water partition coefficient (Wildman–Crippen LogP) is 2.50. The highest BCUT2D eigenvalue weighted by Gasteiger charge is 2.21. The van der Waals surface area contributed by atoms with Crippen molar-refractivity contribution in [1.29, 1.82) is 0 Å². The number of rotatable bonds is 5. The van der Waals surface area contributed by atoms with Crippen molar-refractivity contribution in [3.8, 4) is 11.4 Å². The number of carbonyl (C=O) groups excluding carboxylic acids is 2. The molecule has 7 nitrogen and oxygen atoms in total. The number of para-hydroxylation sites is 3. The summed E-state index contributed by atoms with van der Waals surface area (Å²) >= 11 is 0. The summed E-state index contributed by atoms with van der Waals surface area (Å²) in [5, 5.41) is 3.01. The molecule has 0 atom stereocenters. The van der Waals surface area contributed by atoms with E-state index in [4.69, 9.17) is 0 Å². The van der Waals surface area contributed by atoms with Crippen molar-refractivity contribution in [3.05, 3.63) is 61.2 Å². The topological polar surface area (TPSA) is 81.3 Å². The molecule has 0 spiro atoms. The molecule has 1 aliphatic rings. The molecule has 0 unspecified atom stereocenters. The number of nitrogens with zero attached hydrogens (tertiary/aromatic N) is 3. The fourth-order valence-corrected chi connectivity index (χ4v) is 3.53. The van der Waals surface area contributed by atoms with Crippen molar-refractivity contribution < 1.29 is 9.59 Å². The maximum Gasteiger partial charge on any atom is 0.246 e. The Bertz CT molecular complexity index is 1020. The average Bonchev–Trinajstić information content (AvgIpc) is 3.18. The first-order chi connectivity index (χ1) is 14.1. The molecule has 0 aliphatic carbocycles. The number of aromatic amines is 1. The molecule has 2 amide bonds. The first-order valence-corrected chi connectivity index (χ1v) is 9.62. The fourth-order valence-electron chi connectivity index (χ4n) is 3.53. The van der Waals surface area contributed by atoms with Crippen LogP contribution in [0, 0.1) is 0 Å². The minimum absolute atomic E-state index is 0.0612. The zero-order chi connectivity index (χ0) is 20.2. The zero-order valence-corrected chi connectivity index (χ0v) is 16.1. The standard InChI is InChI=1S/C22H23N5O2/c1-2-21(29)27-13-11-26(12-14-27)15-20(28)23-17-8-4-3-7-16(17)22-24-18-9-5-6-10-19(18)25-22/h2-10H,1,11-15H2,(H,23,28)(H,24,25). The number of hydrogen-bond acceptors (Lipinski definition) is 4. The lowest BCUT2D eigenvalue weighted by atomic mass is 10.1. The Morgan fingerprint density at radius 1 is 1.07 bits per heavy atom. The van der Waals surface area contributed by atoms with Gasteiger partial charge in [0.25, 0.3) is 0 Å². The van der Waals surface area contributed by atoms with Crippen LogP contribution in [0.25, 0.3) is 22.4 Å². The number of aromatic nitrogens is 2. The minimum atomic E-state index is -0.0861. The molecule has 1 fully saturated rings. The number of imidazole rings is 1. The Balaban J connectivity index is 1.43. The molecule has 1 aromatic heterocycles. The van der Waals surface area contributed by atoms with Crippen molar-refractivity contribution in [1.82, 2.24) is 19.8 Å². The van der Waals surface area contributed by atoms with Gasteiger partial charge in [-0.05, 0) is 30.3 Å². The Morgan fingerprint density at radius 3 is 2.55 bits per heavy atom. The number of hydrogen-bond donors (Lipinski definition) is 2. The molecule has 4 rings (SSSR count). The molecule has 29 heavy (non-hydrogen) atoms. The van der Waals surface area contributed by atoms with Gasteiger partial charge in [-0.3, -0.25) is 14.5 Å². The lowest BCUT2D eigenvalue weighted by Crippen LogP contribution is -2.50. The molecule has 2 N–H and O–H groups in total. The van der Waals surface area contributed by atoms with E-state index in [9.17, 15) is 9.59 Å². The van der Waals surface area contributed by atoms with Gasteiger partial charge in [-0.2, -0.15) is 0 Å². The van der Waals surface area contributed by atoms with Crippen molar-refractivity contribution in [2.75, 3.05) is 38.0 Å². The maximum atomic E-state index is 12.6. The van der Waals surface area contributed by atoms with E-state index < -0.39 is 0 Å². The molecule has 1 saturated heterocycles. The highest BCUT2D eigenvalue weighted by Crippen LogP contribution is 2.27. The molecule has 0 bridgehead atoms. The molecule has 0 radical (unpaired) electrons. The second-order valence-electron chi connectivity index (χ2n) is 7.00. The number of H-pyrrole nitrogens is 1. The van der Waals surface area contributed by atoms with Crippen LogP contribution in [0.1, 0.15) is 0 Å². The van der Waals surface area contributed by atoms with Crippen LogP contribution >= 0.6 is 0 Å². The first kappa shape index (κ1) is 18.9. The molecule has 1 aliphatic heterocycles. The van der Waals surface area contributed by atoms with Crippen molar-refractivity contribution in [2.24, 2.45) is 0 Å². The third-order valence-electron chi connectivity index (χ3n) is 5.07. The second kappa shape index (κ2) is 8.28. The molecule has 3 aromatic rings. The summed E-state index contributed by atoms with van der Waals surface area (Å²) in [5.41, 5.74) is 3.40. The maximum absolute atomic E-state index is 12.6. The summed E-state index contributed by atoms with van der Waals surface area (Å²) in [7, 11) is 0. The third-order valence-corrected chi connectivity index (χ3v) is 5.07. The molecular weight excluding hydrogens is 366 g/mol. The summed E-state index contributed by atoms with van der Waals surface area (Å²) in [6.45, 7) is 6.34. The van der Waals surface area contributed by atoms with Crippen LogP contribution in [-0.4, -0.2) is 64.3 Å².